The van der Waals surface area contributed by atoms with Gasteiger partial charge in [0.2, 0.25) is 5.91 Å². The van der Waals surface area contributed by atoms with Crippen molar-refractivity contribution in [3.63, 3.8) is 0 Å². The predicted molar refractivity (Wildman–Crippen MR) is 125 cm³/mol. The summed E-state index contributed by atoms with van der Waals surface area (Å²) in [7, 11) is 0. The molecule has 0 aliphatic carbocycles. The summed E-state index contributed by atoms with van der Waals surface area (Å²) in [6, 6.07) is 16.1. The minimum absolute atomic E-state index is 0.0469. The molecule has 0 spiro atoms. The molecular formula is C24H23N5OS. The molecule has 0 saturated heterocycles. The maximum Gasteiger partial charge on any atom is 0.220 e. The third-order valence-electron chi connectivity index (χ3n) is 5.62. The Kier molecular flexibility index (Phi) is 5.11. The van der Waals surface area contributed by atoms with Gasteiger partial charge in [-0.15, -0.1) is 11.3 Å². The molecule has 0 fully saturated rings. The second-order valence-electron chi connectivity index (χ2n) is 7.69. The van der Waals surface area contributed by atoms with Crippen LogP contribution in [0.3, 0.4) is 0 Å². The average molecular weight is 430 g/mol. The summed E-state index contributed by atoms with van der Waals surface area (Å²) in [5, 5.41) is 9.82. The van der Waals surface area contributed by atoms with Crippen molar-refractivity contribution in [3.8, 4) is 0 Å². The molecule has 5 aromatic rings. The Balaban J connectivity index is 1.23. The van der Waals surface area contributed by atoms with Crippen LogP contribution >= 0.6 is 11.3 Å². The predicted octanol–water partition coefficient (Wildman–Crippen LogP) is 4.40. The normalized spacial score (nSPS) is 11.5. The van der Waals surface area contributed by atoms with Crippen LogP contribution in [-0.4, -0.2) is 32.0 Å². The van der Waals surface area contributed by atoms with Crippen molar-refractivity contribution < 1.29 is 4.79 Å². The van der Waals surface area contributed by atoms with E-state index in [9.17, 15) is 4.79 Å². The number of thiazole rings is 1. The van der Waals surface area contributed by atoms with Gasteiger partial charge in [-0.05, 0) is 50.1 Å². The zero-order valence-electron chi connectivity index (χ0n) is 17.6. The van der Waals surface area contributed by atoms with E-state index in [1.165, 1.54) is 4.70 Å². The van der Waals surface area contributed by atoms with Gasteiger partial charge in [-0.2, -0.15) is 5.10 Å². The van der Waals surface area contributed by atoms with E-state index in [2.05, 4.69) is 16.4 Å². The summed E-state index contributed by atoms with van der Waals surface area (Å²) in [5.41, 5.74) is 5.91. The van der Waals surface area contributed by atoms with Crippen LogP contribution in [0.1, 0.15) is 28.4 Å². The first-order chi connectivity index (χ1) is 15.1. The third kappa shape index (κ3) is 3.77. The standard InChI is InChI=1S/C24H23N5OS/c1-15-17(16(2)29-24(26-15)18-7-3-4-8-19(18)28-29)11-12-22(30)25-14-13-23-27-20-9-5-6-10-21(20)31-23/h3-10H,11-14H2,1-2H3,(H,25,30). The number of aryl methyl sites for hydroxylation is 2. The van der Waals surface area contributed by atoms with Crippen molar-refractivity contribution in [1.29, 1.82) is 0 Å². The SMILES string of the molecule is Cc1nc2c3ccccc3nn2c(C)c1CCC(=O)NCCc1nc2ccccc2s1. The number of nitrogens with one attached hydrogen (secondary N) is 1. The number of amides is 1. The number of benzene rings is 2. The molecule has 31 heavy (non-hydrogen) atoms. The lowest BCUT2D eigenvalue weighted by Gasteiger charge is -2.11. The Morgan fingerprint density at radius 1 is 1.00 bits per heavy atom. The quantitative estimate of drug-likeness (QED) is 0.434. The first kappa shape index (κ1) is 19.6. The van der Waals surface area contributed by atoms with Gasteiger partial charge in [0.25, 0.3) is 0 Å². The second kappa shape index (κ2) is 8.07. The van der Waals surface area contributed by atoms with Gasteiger partial charge in [0.15, 0.2) is 5.65 Å². The summed E-state index contributed by atoms with van der Waals surface area (Å²) in [4.78, 5) is 21.8. The molecule has 3 aromatic heterocycles. The maximum absolute atomic E-state index is 12.4. The summed E-state index contributed by atoms with van der Waals surface area (Å²) in [6.07, 6.45) is 1.82. The van der Waals surface area contributed by atoms with E-state index in [4.69, 9.17) is 10.1 Å². The van der Waals surface area contributed by atoms with Gasteiger partial charge in [0.05, 0.1) is 20.7 Å². The molecule has 0 saturated carbocycles. The Morgan fingerprint density at radius 2 is 1.77 bits per heavy atom. The first-order valence-electron chi connectivity index (χ1n) is 10.4. The van der Waals surface area contributed by atoms with Gasteiger partial charge in [-0.25, -0.2) is 14.5 Å². The van der Waals surface area contributed by atoms with Crippen molar-refractivity contribution in [2.24, 2.45) is 0 Å². The Bertz CT molecular complexity index is 1390. The monoisotopic (exact) mass is 429 g/mol. The molecule has 0 bridgehead atoms. The lowest BCUT2D eigenvalue weighted by atomic mass is 10.1. The molecule has 6 nitrogen and oxygen atoms in total. The number of nitrogens with zero attached hydrogens (tertiary/aromatic N) is 4. The van der Waals surface area contributed by atoms with Crippen LogP contribution in [-0.2, 0) is 17.6 Å². The number of rotatable bonds is 6. The molecular weight excluding hydrogens is 406 g/mol. The van der Waals surface area contributed by atoms with Crippen LogP contribution in [0.5, 0.6) is 0 Å². The van der Waals surface area contributed by atoms with Crippen molar-refractivity contribution in [1.82, 2.24) is 24.9 Å². The highest BCUT2D eigenvalue weighted by Crippen LogP contribution is 2.23. The van der Waals surface area contributed by atoms with Gasteiger partial charge < -0.3 is 5.32 Å². The van der Waals surface area contributed by atoms with E-state index in [1.807, 2.05) is 60.8 Å². The minimum Gasteiger partial charge on any atom is -0.356 e. The molecule has 5 rings (SSSR count). The van der Waals surface area contributed by atoms with Crippen molar-refractivity contribution in [2.75, 3.05) is 6.54 Å². The van der Waals surface area contributed by atoms with Crippen LogP contribution in [0.15, 0.2) is 48.5 Å². The number of carbonyl (C=O) groups excluding carboxylic acids is 1. The molecule has 7 heteroatoms. The van der Waals surface area contributed by atoms with Crippen molar-refractivity contribution >= 4 is 44.0 Å². The van der Waals surface area contributed by atoms with Crippen LogP contribution in [0.25, 0.3) is 26.8 Å². The maximum atomic E-state index is 12.4. The number of hydrogen-bond acceptors (Lipinski definition) is 5. The number of hydrogen-bond donors (Lipinski definition) is 1. The summed E-state index contributed by atoms with van der Waals surface area (Å²) in [6.45, 7) is 4.65. The fourth-order valence-electron chi connectivity index (χ4n) is 4.00. The fraction of sp³-hybridized carbons (Fsp3) is 0.250. The number of fused-ring (bicyclic) bond motifs is 4. The van der Waals surface area contributed by atoms with E-state index < -0.39 is 0 Å². The van der Waals surface area contributed by atoms with E-state index >= 15 is 0 Å². The largest absolute Gasteiger partial charge is 0.356 e. The molecule has 0 radical (unpaired) electrons. The summed E-state index contributed by atoms with van der Waals surface area (Å²) >= 11 is 1.69. The highest BCUT2D eigenvalue weighted by atomic mass is 32.1. The van der Waals surface area contributed by atoms with Gasteiger partial charge >= 0.3 is 0 Å². The van der Waals surface area contributed by atoms with Crippen molar-refractivity contribution in [3.05, 3.63) is 70.5 Å². The lowest BCUT2D eigenvalue weighted by Crippen LogP contribution is -2.26. The molecule has 2 aromatic carbocycles. The van der Waals surface area contributed by atoms with Crippen LogP contribution in [0.4, 0.5) is 0 Å². The first-order valence-corrected chi connectivity index (χ1v) is 11.3. The van der Waals surface area contributed by atoms with Crippen LogP contribution in [0.2, 0.25) is 0 Å². The zero-order chi connectivity index (χ0) is 21.4. The molecule has 0 unspecified atom stereocenters. The van der Waals surface area contributed by atoms with Gasteiger partial charge in [0.1, 0.15) is 0 Å². The Labute approximate surface area is 184 Å². The lowest BCUT2D eigenvalue weighted by molar-refractivity contribution is -0.121. The molecule has 0 aliphatic heterocycles. The smallest absolute Gasteiger partial charge is 0.220 e. The number of aromatic nitrogens is 4. The van der Waals surface area contributed by atoms with Gasteiger partial charge in [0, 0.05) is 36.2 Å². The van der Waals surface area contributed by atoms with Gasteiger partial charge in [-0.1, -0.05) is 24.3 Å². The topological polar surface area (TPSA) is 72.2 Å². The highest BCUT2D eigenvalue weighted by molar-refractivity contribution is 7.18. The zero-order valence-corrected chi connectivity index (χ0v) is 18.4. The van der Waals surface area contributed by atoms with E-state index in [0.29, 0.717) is 19.4 Å². The Hall–Kier alpha value is -3.32. The van der Waals surface area contributed by atoms with Crippen LogP contribution in [0, 0.1) is 13.8 Å². The molecule has 1 N–H and O–H groups in total. The van der Waals surface area contributed by atoms with Gasteiger partial charge in [-0.3, -0.25) is 4.79 Å². The minimum atomic E-state index is 0.0469. The Morgan fingerprint density at radius 3 is 2.61 bits per heavy atom. The molecule has 3 heterocycles. The van der Waals surface area contributed by atoms with E-state index in [-0.39, 0.29) is 5.91 Å². The second-order valence-corrected chi connectivity index (χ2v) is 8.80. The highest BCUT2D eigenvalue weighted by Gasteiger charge is 2.15. The summed E-state index contributed by atoms with van der Waals surface area (Å²) in [5.74, 6) is 0.0469. The van der Waals surface area contributed by atoms with E-state index in [0.717, 1.165) is 50.4 Å². The number of para-hydroxylation sites is 1. The van der Waals surface area contributed by atoms with Crippen molar-refractivity contribution in [2.45, 2.75) is 33.1 Å². The fourth-order valence-corrected chi connectivity index (χ4v) is 4.97. The molecule has 0 atom stereocenters. The molecule has 156 valence electrons. The molecule has 0 aliphatic rings. The number of carbonyl (C=O) groups is 1. The average Bonchev–Trinajstić information content (AvgIpc) is 3.35. The van der Waals surface area contributed by atoms with E-state index in [1.54, 1.807) is 11.3 Å². The molecule has 1 amide bonds. The summed E-state index contributed by atoms with van der Waals surface area (Å²) < 4.78 is 3.09. The third-order valence-corrected chi connectivity index (χ3v) is 6.72. The van der Waals surface area contributed by atoms with Crippen LogP contribution < -0.4 is 5.32 Å².